The number of allylic oxidation sites excluding steroid dienone is 2. The van der Waals surface area contributed by atoms with Crippen LogP contribution < -0.4 is 11.1 Å². The van der Waals surface area contributed by atoms with E-state index >= 15 is 0 Å². The zero-order chi connectivity index (χ0) is 21.7. The molecule has 1 aromatic carbocycles. The number of benzene rings is 1. The Hall–Kier alpha value is -2.93. The fourth-order valence-electron chi connectivity index (χ4n) is 3.72. The molecule has 0 bridgehead atoms. The number of hydrogen-bond acceptors (Lipinski definition) is 4. The van der Waals surface area contributed by atoms with Crippen LogP contribution in [0.15, 0.2) is 41.8 Å². The van der Waals surface area contributed by atoms with Crippen molar-refractivity contribution in [2.75, 3.05) is 5.32 Å². The van der Waals surface area contributed by atoms with Gasteiger partial charge in [0.2, 0.25) is 5.91 Å². The second kappa shape index (κ2) is 9.71. The number of rotatable bonds is 8. The predicted octanol–water partition coefficient (Wildman–Crippen LogP) is 4.46. The van der Waals surface area contributed by atoms with Crippen molar-refractivity contribution in [1.29, 1.82) is 0 Å². The van der Waals surface area contributed by atoms with E-state index in [0.29, 0.717) is 23.4 Å². The zero-order valence-electron chi connectivity index (χ0n) is 16.9. The van der Waals surface area contributed by atoms with Gasteiger partial charge in [0.15, 0.2) is 0 Å². The number of carbonyl (C=O) groups excluding carboxylic acids is 2. The van der Waals surface area contributed by atoms with Gasteiger partial charge < -0.3 is 16.2 Å². The van der Waals surface area contributed by atoms with E-state index in [1.807, 2.05) is 30.3 Å². The van der Waals surface area contributed by atoms with Gasteiger partial charge in [0, 0.05) is 10.9 Å². The molecular weight excluding hydrogens is 400 g/mol. The van der Waals surface area contributed by atoms with Crippen LogP contribution >= 0.6 is 11.3 Å². The maximum atomic E-state index is 12.8. The van der Waals surface area contributed by atoms with Gasteiger partial charge in [-0.1, -0.05) is 49.8 Å². The Bertz CT molecular complexity index is 962. The minimum Gasteiger partial charge on any atom is -0.481 e. The molecule has 0 fully saturated rings. The number of nitrogens with one attached hydrogen (secondary N) is 1. The van der Waals surface area contributed by atoms with Crippen molar-refractivity contribution < 1.29 is 19.5 Å². The second-order valence-corrected chi connectivity index (χ2v) is 8.38. The van der Waals surface area contributed by atoms with Crippen LogP contribution in [0.5, 0.6) is 0 Å². The van der Waals surface area contributed by atoms with Crippen molar-refractivity contribution in [2.24, 2.45) is 17.6 Å². The van der Waals surface area contributed by atoms with Crippen LogP contribution in [0.25, 0.3) is 11.1 Å². The molecule has 7 heteroatoms. The van der Waals surface area contributed by atoms with Gasteiger partial charge in [-0.25, -0.2) is 0 Å². The summed E-state index contributed by atoms with van der Waals surface area (Å²) in [6.07, 6.45) is 7.52. The first-order valence-electron chi connectivity index (χ1n) is 10.1. The summed E-state index contributed by atoms with van der Waals surface area (Å²) in [5, 5.41) is 14.3. The quantitative estimate of drug-likeness (QED) is 0.541. The van der Waals surface area contributed by atoms with Crippen molar-refractivity contribution in [3.8, 4) is 11.1 Å². The summed E-state index contributed by atoms with van der Waals surface area (Å²) in [7, 11) is 0. The fourth-order valence-corrected chi connectivity index (χ4v) is 4.70. The van der Waals surface area contributed by atoms with E-state index in [9.17, 15) is 19.5 Å². The fraction of sp³-hybridized carbons (Fsp3) is 0.348. The lowest BCUT2D eigenvalue weighted by atomic mass is 9.82. The van der Waals surface area contributed by atoms with E-state index < -0.39 is 29.6 Å². The number of unbranched alkanes of at least 4 members (excludes halogenated alkanes) is 1. The summed E-state index contributed by atoms with van der Waals surface area (Å²) in [6, 6.07) is 7.99. The number of nitrogens with two attached hydrogens (primary N) is 1. The number of primary amides is 1. The standard InChI is InChI=1S/C23H26N2O4S/c1-2-3-6-14-9-11-15(12-10-14)18-13-30-22(19(18)20(24)26)25-21(27)16-7-4-5-8-17(16)23(28)29/h4-5,9-13,16-17H,2-3,6-8H2,1H3,(H2,24,26)(H,25,27)(H,28,29). The lowest BCUT2D eigenvalue weighted by Crippen LogP contribution is -2.35. The zero-order valence-corrected chi connectivity index (χ0v) is 17.7. The van der Waals surface area contributed by atoms with Crippen LogP contribution in [-0.2, 0) is 16.0 Å². The largest absolute Gasteiger partial charge is 0.481 e. The number of carboxylic acid groups (broad SMARTS) is 1. The molecule has 6 nitrogen and oxygen atoms in total. The summed E-state index contributed by atoms with van der Waals surface area (Å²) in [5.74, 6) is -3.49. The molecule has 2 amide bonds. The molecule has 2 aromatic rings. The monoisotopic (exact) mass is 426 g/mol. The highest BCUT2D eigenvalue weighted by atomic mass is 32.1. The van der Waals surface area contributed by atoms with E-state index in [4.69, 9.17) is 5.73 Å². The average molecular weight is 427 g/mol. The van der Waals surface area contributed by atoms with Gasteiger partial charge in [-0.3, -0.25) is 14.4 Å². The number of carbonyl (C=O) groups is 3. The van der Waals surface area contributed by atoms with Gasteiger partial charge >= 0.3 is 5.97 Å². The molecule has 3 rings (SSSR count). The maximum Gasteiger partial charge on any atom is 0.307 e. The number of carboxylic acids is 1. The summed E-state index contributed by atoms with van der Waals surface area (Å²) in [5.41, 5.74) is 8.64. The Kier molecular flexibility index (Phi) is 7.05. The first-order valence-corrected chi connectivity index (χ1v) is 11.0. The molecule has 1 aromatic heterocycles. The average Bonchev–Trinajstić information content (AvgIpc) is 3.16. The third-order valence-electron chi connectivity index (χ3n) is 5.44. The molecule has 1 aliphatic rings. The highest BCUT2D eigenvalue weighted by Gasteiger charge is 2.34. The van der Waals surface area contributed by atoms with E-state index in [1.165, 1.54) is 16.9 Å². The first kappa shape index (κ1) is 21.8. The molecule has 0 radical (unpaired) electrons. The van der Waals surface area contributed by atoms with Gasteiger partial charge in [-0.05, 0) is 36.8 Å². The summed E-state index contributed by atoms with van der Waals surface area (Å²) in [6.45, 7) is 2.15. The van der Waals surface area contributed by atoms with Gasteiger partial charge in [0.05, 0.1) is 17.4 Å². The molecule has 2 atom stereocenters. The molecule has 2 unspecified atom stereocenters. The van der Waals surface area contributed by atoms with Crippen LogP contribution in [0.2, 0.25) is 0 Å². The maximum absolute atomic E-state index is 12.8. The van der Waals surface area contributed by atoms with Crippen LogP contribution in [0.1, 0.15) is 48.5 Å². The molecule has 0 saturated carbocycles. The SMILES string of the molecule is CCCCc1ccc(-c2csc(NC(=O)C3CC=CCC3C(=O)O)c2C(N)=O)cc1. The van der Waals surface area contributed by atoms with Crippen LogP contribution in [0.4, 0.5) is 5.00 Å². The molecule has 0 spiro atoms. The van der Waals surface area contributed by atoms with Crippen molar-refractivity contribution in [3.05, 3.63) is 52.9 Å². The third-order valence-corrected chi connectivity index (χ3v) is 6.34. The number of aliphatic carboxylic acids is 1. The van der Waals surface area contributed by atoms with Crippen LogP contribution in [0, 0.1) is 11.8 Å². The molecular formula is C23H26N2O4S. The summed E-state index contributed by atoms with van der Waals surface area (Å²) >= 11 is 1.22. The van der Waals surface area contributed by atoms with Crippen LogP contribution in [-0.4, -0.2) is 22.9 Å². The van der Waals surface area contributed by atoms with Crippen molar-refractivity contribution in [3.63, 3.8) is 0 Å². The Morgan fingerprint density at radius 2 is 1.80 bits per heavy atom. The van der Waals surface area contributed by atoms with Gasteiger partial charge in [0.1, 0.15) is 5.00 Å². The van der Waals surface area contributed by atoms with E-state index in [-0.39, 0.29) is 5.56 Å². The Balaban J connectivity index is 1.84. The van der Waals surface area contributed by atoms with Crippen molar-refractivity contribution in [1.82, 2.24) is 0 Å². The smallest absolute Gasteiger partial charge is 0.307 e. The van der Waals surface area contributed by atoms with Crippen LogP contribution in [0.3, 0.4) is 0 Å². The summed E-state index contributed by atoms with van der Waals surface area (Å²) < 4.78 is 0. The lowest BCUT2D eigenvalue weighted by Gasteiger charge is -2.24. The van der Waals surface area contributed by atoms with E-state index in [2.05, 4.69) is 12.2 Å². The Labute approximate surface area is 179 Å². The minimum absolute atomic E-state index is 0.257. The Morgan fingerprint density at radius 1 is 1.13 bits per heavy atom. The molecule has 1 heterocycles. The minimum atomic E-state index is -0.996. The number of aryl methyl sites for hydroxylation is 1. The Morgan fingerprint density at radius 3 is 2.40 bits per heavy atom. The second-order valence-electron chi connectivity index (χ2n) is 7.50. The first-order chi connectivity index (χ1) is 14.4. The van der Waals surface area contributed by atoms with Gasteiger partial charge in [0.25, 0.3) is 5.91 Å². The molecule has 158 valence electrons. The molecule has 0 saturated heterocycles. The molecule has 4 N–H and O–H groups in total. The highest BCUT2D eigenvalue weighted by Crippen LogP contribution is 2.37. The van der Waals surface area contributed by atoms with Crippen molar-refractivity contribution in [2.45, 2.75) is 39.0 Å². The van der Waals surface area contributed by atoms with Gasteiger partial charge in [-0.15, -0.1) is 11.3 Å². The van der Waals surface area contributed by atoms with E-state index in [0.717, 1.165) is 24.8 Å². The summed E-state index contributed by atoms with van der Waals surface area (Å²) in [4.78, 5) is 36.5. The highest BCUT2D eigenvalue weighted by molar-refractivity contribution is 7.15. The normalized spacial score (nSPS) is 18.2. The lowest BCUT2D eigenvalue weighted by molar-refractivity contribution is -0.146. The topological polar surface area (TPSA) is 109 Å². The number of thiophene rings is 1. The molecule has 0 aliphatic heterocycles. The predicted molar refractivity (Wildman–Crippen MR) is 119 cm³/mol. The third kappa shape index (κ3) is 4.79. The number of amides is 2. The number of anilines is 1. The van der Waals surface area contributed by atoms with E-state index in [1.54, 1.807) is 11.5 Å². The number of hydrogen-bond donors (Lipinski definition) is 3. The molecule has 30 heavy (non-hydrogen) atoms. The van der Waals surface area contributed by atoms with Gasteiger partial charge in [-0.2, -0.15) is 0 Å². The van der Waals surface area contributed by atoms with Crippen molar-refractivity contribution >= 4 is 34.1 Å². The molecule has 1 aliphatic carbocycles.